The molecule has 24 heavy (non-hydrogen) atoms. The molecule has 0 saturated heterocycles. The summed E-state index contributed by atoms with van der Waals surface area (Å²) >= 11 is 1.62. The molecule has 1 aromatic carbocycles. The largest absolute Gasteiger partial charge is 0.358 e. The third kappa shape index (κ3) is 1.77. The van der Waals surface area contributed by atoms with Crippen molar-refractivity contribution in [2.45, 2.75) is 18.8 Å². The number of rotatable bonds is 1. The third-order valence-electron chi connectivity index (χ3n) is 5.16. The predicted molar refractivity (Wildman–Crippen MR) is 93.7 cm³/mol. The molecule has 0 fully saturated rings. The number of benzene rings is 1. The first kappa shape index (κ1) is 13.9. The van der Waals surface area contributed by atoms with Gasteiger partial charge < -0.3 is 5.32 Å². The summed E-state index contributed by atoms with van der Waals surface area (Å²) in [7, 11) is 0. The van der Waals surface area contributed by atoms with E-state index in [0.29, 0.717) is 6.42 Å². The van der Waals surface area contributed by atoms with Gasteiger partial charge in [0.25, 0.3) is 0 Å². The minimum absolute atomic E-state index is 0.0592. The van der Waals surface area contributed by atoms with Crippen LogP contribution in [0.3, 0.4) is 0 Å². The van der Waals surface area contributed by atoms with E-state index in [1.165, 1.54) is 0 Å². The molecule has 3 nitrogen and oxygen atoms in total. The van der Waals surface area contributed by atoms with Crippen LogP contribution < -0.4 is 5.32 Å². The van der Waals surface area contributed by atoms with Gasteiger partial charge in [0.2, 0.25) is 0 Å². The van der Waals surface area contributed by atoms with Gasteiger partial charge in [-0.2, -0.15) is 0 Å². The van der Waals surface area contributed by atoms with Crippen molar-refractivity contribution in [2.75, 3.05) is 0 Å². The van der Waals surface area contributed by atoms with Gasteiger partial charge in [-0.25, -0.2) is 0 Å². The molecule has 1 aromatic heterocycles. The Labute approximate surface area is 143 Å². The number of Topliss-reactive ketones (excluding diaryl/α,β-unsaturated/α-hetero) is 2. The molecule has 0 bridgehead atoms. The van der Waals surface area contributed by atoms with Crippen LogP contribution in [-0.2, 0) is 4.79 Å². The van der Waals surface area contributed by atoms with E-state index >= 15 is 0 Å². The maximum atomic E-state index is 13.1. The first-order valence-electron chi connectivity index (χ1n) is 8.17. The molecule has 118 valence electrons. The summed E-state index contributed by atoms with van der Waals surface area (Å²) < 4.78 is 0. The number of nitrogens with one attached hydrogen (secondary N) is 1. The van der Waals surface area contributed by atoms with Crippen molar-refractivity contribution in [1.29, 1.82) is 0 Å². The van der Waals surface area contributed by atoms with Crippen molar-refractivity contribution in [3.63, 3.8) is 0 Å². The molecule has 4 heteroatoms. The van der Waals surface area contributed by atoms with Gasteiger partial charge in [0.1, 0.15) is 5.78 Å². The second kappa shape index (κ2) is 5.02. The summed E-state index contributed by atoms with van der Waals surface area (Å²) in [6.45, 7) is 0. The van der Waals surface area contributed by atoms with Crippen LogP contribution in [0, 0.1) is 5.92 Å². The fraction of sp³-hybridized carbons (Fsp3) is 0.200. The van der Waals surface area contributed by atoms with Crippen molar-refractivity contribution in [1.82, 2.24) is 5.32 Å². The number of fused-ring (bicyclic) bond motifs is 3. The molecule has 0 spiro atoms. The Kier molecular flexibility index (Phi) is 2.91. The number of carbonyl (C=O) groups is 2. The Morgan fingerprint density at radius 2 is 1.83 bits per heavy atom. The van der Waals surface area contributed by atoms with Gasteiger partial charge in [-0.3, -0.25) is 9.59 Å². The van der Waals surface area contributed by atoms with Crippen molar-refractivity contribution in [3.05, 3.63) is 75.1 Å². The Bertz CT molecular complexity index is 936. The van der Waals surface area contributed by atoms with E-state index in [9.17, 15) is 9.59 Å². The van der Waals surface area contributed by atoms with Crippen molar-refractivity contribution in [2.24, 2.45) is 5.92 Å². The van der Waals surface area contributed by atoms with Gasteiger partial charge in [0.15, 0.2) is 5.78 Å². The van der Waals surface area contributed by atoms with Crippen LogP contribution >= 0.6 is 11.3 Å². The average Bonchev–Trinajstić information content (AvgIpc) is 3.22. The predicted octanol–water partition coefficient (Wildman–Crippen LogP) is 3.91. The fourth-order valence-corrected chi connectivity index (χ4v) is 5.01. The van der Waals surface area contributed by atoms with Crippen LogP contribution in [0.15, 0.2) is 59.1 Å². The van der Waals surface area contributed by atoms with Gasteiger partial charge in [-0.15, -0.1) is 11.3 Å². The Morgan fingerprint density at radius 3 is 2.62 bits per heavy atom. The lowest BCUT2D eigenvalue weighted by Crippen LogP contribution is -2.38. The maximum absolute atomic E-state index is 13.1. The Hall–Kier alpha value is -2.46. The molecule has 2 unspecified atom stereocenters. The number of allylic oxidation sites excluding steroid dienone is 3. The highest BCUT2D eigenvalue weighted by molar-refractivity contribution is 7.10. The lowest BCUT2D eigenvalue weighted by molar-refractivity contribution is -0.122. The standard InChI is InChI=1S/C20H15NO2S/c22-14-8-3-7-13-16(14)17(15-9-4-10-24-15)18-19(21-13)11-5-1-2-6-12(11)20(18)23/h1-2,4-7,9-10,16-17,21H,3,8H2. The van der Waals surface area contributed by atoms with Crippen LogP contribution in [0.25, 0.3) is 5.70 Å². The molecule has 2 aromatic rings. The molecule has 3 aliphatic rings. The molecular weight excluding hydrogens is 318 g/mol. The van der Waals surface area contributed by atoms with E-state index < -0.39 is 0 Å². The molecule has 1 aliphatic heterocycles. The van der Waals surface area contributed by atoms with E-state index in [0.717, 1.165) is 39.4 Å². The average molecular weight is 333 g/mol. The number of hydrogen-bond donors (Lipinski definition) is 1. The van der Waals surface area contributed by atoms with Crippen LogP contribution in [-0.4, -0.2) is 11.6 Å². The highest BCUT2D eigenvalue weighted by atomic mass is 32.1. The highest BCUT2D eigenvalue weighted by Gasteiger charge is 2.47. The molecule has 0 saturated carbocycles. The summed E-state index contributed by atoms with van der Waals surface area (Å²) in [5, 5.41) is 5.44. The monoisotopic (exact) mass is 333 g/mol. The van der Waals surface area contributed by atoms with Crippen LogP contribution in [0.2, 0.25) is 0 Å². The van der Waals surface area contributed by atoms with Crippen LogP contribution in [0.1, 0.15) is 39.6 Å². The molecular formula is C20H15NO2S. The van der Waals surface area contributed by atoms with Gasteiger partial charge in [0.05, 0.1) is 11.6 Å². The van der Waals surface area contributed by atoms with Gasteiger partial charge in [-0.05, 0) is 17.9 Å². The summed E-state index contributed by atoms with van der Waals surface area (Å²) in [6.07, 6.45) is 3.45. The quantitative estimate of drug-likeness (QED) is 0.861. The van der Waals surface area contributed by atoms with Gasteiger partial charge in [0, 0.05) is 39.6 Å². The van der Waals surface area contributed by atoms with E-state index in [-0.39, 0.29) is 23.4 Å². The van der Waals surface area contributed by atoms with Crippen molar-refractivity contribution >= 4 is 28.6 Å². The molecule has 2 aliphatic carbocycles. The normalized spacial score (nSPS) is 24.9. The van der Waals surface area contributed by atoms with Crippen LogP contribution in [0.5, 0.6) is 0 Å². The summed E-state index contributed by atoms with van der Waals surface area (Å²) in [5.74, 6) is -0.132. The Morgan fingerprint density at radius 1 is 1.00 bits per heavy atom. The first-order valence-corrected chi connectivity index (χ1v) is 9.05. The molecule has 0 radical (unpaired) electrons. The number of hydrogen-bond acceptors (Lipinski definition) is 4. The topological polar surface area (TPSA) is 46.2 Å². The number of ketones is 2. The van der Waals surface area contributed by atoms with Gasteiger partial charge in [-0.1, -0.05) is 36.4 Å². The smallest absolute Gasteiger partial charge is 0.192 e. The zero-order valence-electron chi connectivity index (χ0n) is 12.9. The Balaban J connectivity index is 1.77. The summed E-state index contributed by atoms with van der Waals surface area (Å²) in [6, 6.07) is 11.7. The zero-order chi connectivity index (χ0) is 16.3. The van der Waals surface area contributed by atoms with Crippen molar-refractivity contribution < 1.29 is 9.59 Å². The molecule has 0 amide bonds. The highest BCUT2D eigenvalue weighted by Crippen LogP contribution is 2.50. The van der Waals surface area contributed by atoms with Gasteiger partial charge >= 0.3 is 0 Å². The van der Waals surface area contributed by atoms with Crippen LogP contribution in [0.4, 0.5) is 0 Å². The fourth-order valence-electron chi connectivity index (χ4n) is 4.14. The second-order valence-corrected chi connectivity index (χ2v) is 7.40. The third-order valence-corrected chi connectivity index (χ3v) is 6.11. The second-order valence-electron chi connectivity index (χ2n) is 6.42. The number of thiophene rings is 1. The molecule has 1 N–H and O–H groups in total. The lowest BCUT2D eigenvalue weighted by Gasteiger charge is -2.36. The minimum atomic E-state index is -0.255. The first-order chi connectivity index (χ1) is 11.8. The van der Waals surface area contributed by atoms with E-state index in [4.69, 9.17) is 0 Å². The van der Waals surface area contributed by atoms with E-state index in [1.807, 2.05) is 41.8 Å². The maximum Gasteiger partial charge on any atom is 0.192 e. The minimum Gasteiger partial charge on any atom is -0.358 e. The molecule has 2 atom stereocenters. The zero-order valence-corrected chi connectivity index (χ0v) is 13.7. The summed E-state index contributed by atoms with van der Waals surface area (Å²) in [4.78, 5) is 26.9. The van der Waals surface area contributed by atoms with E-state index in [1.54, 1.807) is 11.3 Å². The number of carbonyl (C=O) groups excluding carboxylic acids is 2. The molecule has 2 heterocycles. The SMILES string of the molecule is O=C1C2=C(NC3=CCCC(=O)C3C2c2cccs2)c2ccccc21. The van der Waals surface area contributed by atoms with Crippen molar-refractivity contribution in [3.8, 4) is 0 Å². The lowest BCUT2D eigenvalue weighted by atomic mass is 9.73. The molecule has 5 rings (SSSR count). The summed E-state index contributed by atoms with van der Waals surface area (Å²) in [5.41, 5.74) is 4.31. The van der Waals surface area contributed by atoms with E-state index in [2.05, 4.69) is 11.4 Å².